The zero-order valence-corrected chi connectivity index (χ0v) is 7.29. The molecule has 62 valence electrons. The van der Waals surface area contributed by atoms with Crippen LogP contribution in [-0.2, 0) is 6.54 Å². The van der Waals surface area contributed by atoms with Crippen molar-refractivity contribution in [1.82, 2.24) is 9.78 Å². The fourth-order valence-electron chi connectivity index (χ4n) is 0.959. The molecule has 11 heavy (non-hydrogen) atoms. The maximum atomic E-state index is 5.34. The normalized spacial score (nSPS) is 10.1. The molecule has 1 aromatic rings. The Morgan fingerprint density at radius 2 is 2.27 bits per heavy atom. The van der Waals surface area contributed by atoms with Crippen molar-refractivity contribution < 1.29 is 4.74 Å². The van der Waals surface area contributed by atoms with Crippen molar-refractivity contribution in [2.24, 2.45) is 0 Å². The van der Waals surface area contributed by atoms with Crippen LogP contribution in [0.4, 0.5) is 0 Å². The van der Waals surface area contributed by atoms with Crippen LogP contribution in [0.25, 0.3) is 0 Å². The first-order valence-corrected chi connectivity index (χ1v) is 3.94. The molecule has 0 amide bonds. The van der Waals surface area contributed by atoms with Gasteiger partial charge in [-0.25, -0.2) is 0 Å². The molecule has 0 bridgehead atoms. The average molecular weight is 154 g/mol. The molecule has 0 aliphatic heterocycles. The van der Waals surface area contributed by atoms with E-state index < -0.39 is 0 Å². The van der Waals surface area contributed by atoms with Crippen molar-refractivity contribution in [2.75, 3.05) is 6.61 Å². The minimum Gasteiger partial charge on any atom is -0.490 e. The molecule has 0 spiro atoms. The molecule has 0 fully saturated rings. The first-order valence-electron chi connectivity index (χ1n) is 3.94. The maximum Gasteiger partial charge on any atom is 0.160 e. The van der Waals surface area contributed by atoms with Crippen LogP contribution in [0.2, 0.25) is 0 Å². The van der Waals surface area contributed by atoms with Crippen molar-refractivity contribution >= 4 is 0 Å². The van der Waals surface area contributed by atoms with Gasteiger partial charge in [0, 0.05) is 6.54 Å². The lowest BCUT2D eigenvalue weighted by molar-refractivity contribution is 0.337. The van der Waals surface area contributed by atoms with Crippen LogP contribution in [0.15, 0.2) is 6.20 Å². The van der Waals surface area contributed by atoms with Gasteiger partial charge in [0.25, 0.3) is 0 Å². The number of aryl methyl sites for hydroxylation is 2. The monoisotopic (exact) mass is 154 g/mol. The Kier molecular flexibility index (Phi) is 2.52. The fourth-order valence-corrected chi connectivity index (χ4v) is 0.959. The van der Waals surface area contributed by atoms with Crippen LogP contribution in [0.1, 0.15) is 19.5 Å². The lowest BCUT2D eigenvalue weighted by Gasteiger charge is -1.97. The molecule has 3 nitrogen and oxygen atoms in total. The van der Waals surface area contributed by atoms with Crippen LogP contribution < -0.4 is 4.74 Å². The van der Waals surface area contributed by atoms with Gasteiger partial charge in [-0.05, 0) is 20.8 Å². The van der Waals surface area contributed by atoms with Gasteiger partial charge in [0.1, 0.15) is 5.69 Å². The van der Waals surface area contributed by atoms with Crippen molar-refractivity contribution in [3.8, 4) is 5.75 Å². The third kappa shape index (κ3) is 1.73. The third-order valence-corrected chi connectivity index (χ3v) is 1.53. The summed E-state index contributed by atoms with van der Waals surface area (Å²) < 4.78 is 7.21. The maximum absolute atomic E-state index is 5.34. The summed E-state index contributed by atoms with van der Waals surface area (Å²) in [5, 5.41) is 4.24. The van der Waals surface area contributed by atoms with Crippen LogP contribution in [0.3, 0.4) is 0 Å². The molecule has 1 aromatic heterocycles. The topological polar surface area (TPSA) is 27.1 Å². The van der Waals surface area contributed by atoms with E-state index in [9.17, 15) is 0 Å². The number of nitrogens with zero attached hydrogens (tertiary/aromatic N) is 2. The van der Waals surface area contributed by atoms with Crippen molar-refractivity contribution in [3.63, 3.8) is 0 Å². The predicted molar refractivity (Wildman–Crippen MR) is 43.8 cm³/mol. The third-order valence-electron chi connectivity index (χ3n) is 1.53. The summed E-state index contributed by atoms with van der Waals surface area (Å²) in [6, 6.07) is 0. The molecule has 1 rings (SSSR count). The summed E-state index contributed by atoms with van der Waals surface area (Å²) in [6.07, 6.45) is 1.93. The van der Waals surface area contributed by atoms with Gasteiger partial charge in [-0.2, -0.15) is 5.10 Å². The van der Waals surface area contributed by atoms with Gasteiger partial charge in [-0.1, -0.05) is 0 Å². The van der Waals surface area contributed by atoms with E-state index >= 15 is 0 Å². The number of ether oxygens (including phenoxy) is 1. The Balaban J connectivity index is 2.79. The van der Waals surface area contributed by atoms with Crippen LogP contribution in [-0.4, -0.2) is 16.4 Å². The van der Waals surface area contributed by atoms with Gasteiger partial charge in [0.05, 0.1) is 12.8 Å². The minimum absolute atomic E-state index is 0.705. The van der Waals surface area contributed by atoms with Gasteiger partial charge in [0.15, 0.2) is 5.75 Å². The molecule has 0 aromatic carbocycles. The Hall–Kier alpha value is -0.990. The van der Waals surface area contributed by atoms with E-state index in [4.69, 9.17) is 4.74 Å². The molecule has 1 heterocycles. The largest absolute Gasteiger partial charge is 0.490 e. The summed E-state index contributed by atoms with van der Waals surface area (Å²) >= 11 is 0. The van der Waals surface area contributed by atoms with Crippen LogP contribution in [0, 0.1) is 6.92 Å². The average Bonchev–Trinajstić information content (AvgIpc) is 2.33. The van der Waals surface area contributed by atoms with Crippen LogP contribution in [0.5, 0.6) is 5.75 Å². The first kappa shape index (κ1) is 8.11. The molecule has 0 N–H and O–H groups in total. The highest BCUT2D eigenvalue weighted by atomic mass is 16.5. The summed E-state index contributed by atoms with van der Waals surface area (Å²) in [6.45, 7) is 7.59. The van der Waals surface area contributed by atoms with E-state index in [1.807, 2.05) is 24.7 Å². The summed E-state index contributed by atoms with van der Waals surface area (Å²) in [5.74, 6) is 0.898. The number of hydrogen-bond acceptors (Lipinski definition) is 2. The van der Waals surface area contributed by atoms with E-state index in [-0.39, 0.29) is 0 Å². The van der Waals surface area contributed by atoms with Crippen molar-refractivity contribution in [3.05, 3.63) is 11.9 Å². The van der Waals surface area contributed by atoms with Crippen LogP contribution >= 0.6 is 0 Å². The molecular weight excluding hydrogens is 140 g/mol. The van der Waals surface area contributed by atoms with Gasteiger partial charge >= 0.3 is 0 Å². The molecule has 0 radical (unpaired) electrons. The van der Waals surface area contributed by atoms with E-state index in [2.05, 4.69) is 12.0 Å². The van der Waals surface area contributed by atoms with Gasteiger partial charge < -0.3 is 4.74 Å². The highest BCUT2D eigenvalue weighted by Crippen LogP contribution is 2.14. The summed E-state index contributed by atoms with van der Waals surface area (Å²) in [4.78, 5) is 0. The molecule has 0 atom stereocenters. The quantitative estimate of drug-likeness (QED) is 0.661. The molecule has 0 aliphatic carbocycles. The van der Waals surface area contributed by atoms with Gasteiger partial charge in [-0.15, -0.1) is 0 Å². The van der Waals surface area contributed by atoms with E-state index in [0.717, 1.165) is 18.0 Å². The molecule has 0 aliphatic rings. The summed E-state index contributed by atoms with van der Waals surface area (Å²) in [5.41, 5.74) is 0.966. The second kappa shape index (κ2) is 3.42. The molecule has 0 unspecified atom stereocenters. The number of aromatic nitrogens is 2. The standard InChI is InChI=1S/C8H14N2O/c1-4-10-6-8(11-5-2)7(3)9-10/h6H,4-5H2,1-3H3. The Morgan fingerprint density at radius 1 is 1.55 bits per heavy atom. The zero-order chi connectivity index (χ0) is 8.27. The number of hydrogen-bond donors (Lipinski definition) is 0. The lowest BCUT2D eigenvalue weighted by atomic mass is 10.4. The minimum atomic E-state index is 0.705. The molecule has 0 saturated heterocycles. The Morgan fingerprint density at radius 3 is 2.73 bits per heavy atom. The van der Waals surface area contributed by atoms with Crippen molar-refractivity contribution in [2.45, 2.75) is 27.3 Å². The first-order chi connectivity index (χ1) is 5.27. The Bertz CT molecular complexity index is 230. The van der Waals surface area contributed by atoms with E-state index in [1.165, 1.54) is 0 Å². The van der Waals surface area contributed by atoms with Crippen molar-refractivity contribution in [1.29, 1.82) is 0 Å². The lowest BCUT2D eigenvalue weighted by Crippen LogP contribution is -1.93. The molecular formula is C8H14N2O. The molecule has 0 saturated carbocycles. The Labute approximate surface area is 67.0 Å². The predicted octanol–water partition coefficient (Wildman–Crippen LogP) is 1.61. The van der Waals surface area contributed by atoms with Gasteiger partial charge in [0.2, 0.25) is 0 Å². The van der Waals surface area contributed by atoms with E-state index in [1.54, 1.807) is 0 Å². The highest BCUT2D eigenvalue weighted by molar-refractivity contribution is 5.22. The highest BCUT2D eigenvalue weighted by Gasteiger charge is 2.02. The SMILES string of the molecule is CCOc1cn(CC)nc1C. The second-order valence-corrected chi connectivity index (χ2v) is 2.37. The zero-order valence-electron chi connectivity index (χ0n) is 7.29. The van der Waals surface area contributed by atoms with Gasteiger partial charge in [-0.3, -0.25) is 4.68 Å². The fraction of sp³-hybridized carbons (Fsp3) is 0.625. The molecule has 3 heteroatoms. The second-order valence-electron chi connectivity index (χ2n) is 2.37. The smallest absolute Gasteiger partial charge is 0.160 e. The number of rotatable bonds is 3. The van der Waals surface area contributed by atoms with E-state index in [0.29, 0.717) is 6.61 Å². The summed E-state index contributed by atoms with van der Waals surface area (Å²) in [7, 11) is 0.